The zero-order chi connectivity index (χ0) is 12.8. The minimum atomic E-state index is -0.570. The summed E-state index contributed by atoms with van der Waals surface area (Å²) in [6.07, 6.45) is 0.825. The van der Waals surface area contributed by atoms with E-state index in [1.807, 2.05) is 6.92 Å². The molecule has 0 aliphatic carbocycles. The van der Waals surface area contributed by atoms with Gasteiger partial charge in [-0.3, -0.25) is 4.79 Å². The third-order valence-corrected chi connectivity index (χ3v) is 3.28. The molecule has 1 aromatic rings. The van der Waals surface area contributed by atoms with Crippen LogP contribution in [0.3, 0.4) is 0 Å². The fraction of sp³-hybridized carbons (Fsp3) is 0.417. The number of benzene rings is 1. The molecule has 0 saturated heterocycles. The third-order valence-electron chi connectivity index (χ3n) is 2.41. The smallest absolute Gasteiger partial charge is 0.258 e. The largest absolute Gasteiger partial charge is 0.339 e. The molecule has 0 heterocycles. The number of rotatable bonds is 5. The van der Waals surface area contributed by atoms with Crippen molar-refractivity contribution in [3.05, 3.63) is 34.6 Å². The molecule has 1 aromatic carbocycles. The van der Waals surface area contributed by atoms with Gasteiger partial charge in [0.1, 0.15) is 5.82 Å². The summed E-state index contributed by atoms with van der Waals surface area (Å²) in [5, 5.41) is 0.967. The van der Waals surface area contributed by atoms with Crippen molar-refractivity contribution in [2.75, 3.05) is 18.4 Å². The summed E-state index contributed by atoms with van der Waals surface area (Å²) >= 11 is 9.17. The van der Waals surface area contributed by atoms with E-state index in [2.05, 4.69) is 15.9 Å². The molecule has 0 saturated carbocycles. The van der Waals surface area contributed by atoms with Crippen molar-refractivity contribution < 1.29 is 9.18 Å². The average Bonchev–Trinajstić information content (AvgIpc) is 2.30. The Balaban J connectivity index is 2.93. The zero-order valence-electron chi connectivity index (χ0n) is 9.55. The van der Waals surface area contributed by atoms with Crippen molar-refractivity contribution in [3.8, 4) is 0 Å². The maximum absolute atomic E-state index is 13.6. The monoisotopic (exact) mass is 321 g/mol. The van der Waals surface area contributed by atoms with Crippen LogP contribution in [0.5, 0.6) is 0 Å². The second-order valence-electron chi connectivity index (χ2n) is 3.52. The van der Waals surface area contributed by atoms with E-state index in [1.165, 1.54) is 18.2 Å². The van der Waals surface area contributed by atoms with Crippen molar-refractivity contribution in [2.24, 2.45) is 0 Å². The Labute approximate surface area is 114 Å². The maximum Gasteiger partial charge on any atom is 0.258 e. The minimum Gasteiger partial charge on any atom is -0.339 e. The van der Waals surface area contributed by atoms with Gasteiger partial charge in [-0.1, -0.05) is 33.6 Å². The van der Waals surface area contributed by atoms with Gasteiger partial charge in [0.15, 0.2) is 0 Å². The Morgan fingerprint density at radius 3 is 2.76 bits per heavy atom. The number of carbonyl (C=O) groups excluding carboxylic acids is 1. The third kappa shape index (κ3) is 3.68. The molecule has 0 aromatic heterocycles. The highest BCUT2D eigenvalue weighted by molar-refractivity contribution is 9.09. The Morgan fingerprint density at radius 1 is 1.53 bits per heavy atom. The Morgan fingerprint density at radius 2 is 2.24 bits per heavy atom. The molecule has 1 rings (SSSR count). The van der Waals surface area contributed by atoms with E-state index >= 15 is 0 Å². The van der Waals surface area contributed by atoms with Gasteiger partial charge in [-0.05, 0) is 25.5 Å². The van der Waals surface area contributed by atoms with E-state index in [0.29, 0.717) is 13.1 Å². The molecule has 5 heteroatoms. The second kappa shape index (κ2) is 6.97. The molecule has 0 atom stereocenters. The van der Waals surface area contributed by atoms with Crippen molar-refractivity contribution in [3.63, 3.8) is 0 Å². The summed E-state index contributed by atoms with van der Waals surface area (Å²) in [6, 6.07) is 4.26. The lowest BCUT2D eigenvalue weighted by Gasteiger charge is -2.21. The maximum atomic E-state index is 13.6. The number of hydrogen-bond donors (Lipinski definition) is 0. The lowest BCUT2D eigenvalue weighted by molar-refractivity contribution is 0.0760. The van der Waals surface area contributed by atoms with Gasteiger partial charge in [-0.2, -0.15) is 0 Å². The first-order valence-electron chi connectivity index (χ1n) is 5.41. The number of carbonyl (C=O) groups is 1. The van der Waals surface area contributed by atoms with Crippen molar-refractivity contribution in [2.45, 2.75) is 13.3 Å². The van der Waals surface area contributed by atoms with Gasteiger partial charge in [0.05, 0.1) is 10.6 Å². The van der Waals surface area contributed by atoms with Crippen LogP contribution in [0, 0.1) is 5.82 Å². The van der Waals surface area contributed by atoms with Crippen LogP contribution < -0.4 is 0 Å². The molecular formula is C12H14BrClFNO. The quantitative estimate of drug-likeness (QED) is 0.757. The van der Waals surface area contributed by atoms with E-state index in [1.54, 1.807) is 4.90 Å². The Bertz CT molecular complexity index is 380. The number of hydrogen-bond acceptors (Lipinski definition) is 1. The topological polar surface area (TPSA) is 20.3 Å². The van der Waals surface area contributed by atoms with E-state index in [0.717, 1.165) is 11.8 Å². The van der Waals surface area contributed by atoms with Crippen LogP contribution in [0.15, 0.2) is 18.2 Å². The molecule has 0 aliphatic heterocycles. The van der Waals surface area contributed by atoms with Crippen LogP contribution >= 0.6 is 27.5 Å². The van der Waals surface area contributed by atoms with Gasteiger partial charge >= 0.3 is 0 Å². The number of halogens is 3. The van der Waals surface area contributed by atoms with E-state index < -0.39 is 5.82 Å². The fourth-order valence-corrected chi connectivity index (χ4v) is 2.01. The molecular weight excluding hydrogens is 308 g/mol. The standard InChI is InChI=1S/C12H14BrClFNO/c1-2-16(8-4-7-13)12(17)11-9(14)5-3-6-10(11)15/h3,5-6H,2,4,7-8H2,1H3. The number of alkyl halides is 1. The van der Waals surface area contributed by atoms with Gasteiger partial charge < -0.3 is 4.90 Å². The lowest BCUT2D eigenvalue weighted by atomic mass is 10.1. The fourth-order valence-electron chi connectivity index (χ4n) is 1.51. The summed E-state index contributed by atoms with van der Waals surface area (Å²) in [4.78, 5) is 13.7. The first-order valence-corrected chi connectivity index (χ1v) is 6.91. The van der Waals surface area contributed by atoms with Crippen molar-refractivity contribution in [1.29, 1.82) is 0 Å². The highest BCUT2D eigenvalue weighted by Crippen LogP contribution is 2.20. The average molecular weight is 323 g/mol. The van der Waals surface area contributed by atoms with E-state index in [-0.39, 0.29) is 16.5 Å². The first kappa shape index (κ1) is 14.5. The molecule has 1 amide bonds. The first-order chi connectivity index (χ1) is 8.11. The summed E-state index contributed by atoms with van der Waals surface area (Å²) in [5.41, 5.74) is -0.0365. The summed E-state index contributed by atoms with van der Waals surface area (Å²) in [5.74, 6) is -0.920. The van der Waals surface area contributed by atoms with Crippen molar-refractivity contribution >= 4 is 33.4 Å². The molecule has 17 heavy (non-hydrogen) atoms. The van der Waals surface area contributed by atoms with Crippen LogP contribution in [0.4, 0.5) is 4.39 Å². The predicted molar refractivity (Wildman–Crippen MR) is 71.4 cm³/mol. The van der Waals surface area contributed by atoms with Crippen LogP contribution in [-0.2, 0) is 0 Å². The normalized spacial score (nSPS) is 10.4. The van der Waals surface area contributed by atoms with E-state index in [4.69, 9.17) is 11.6 Å². The molecule has 94 valence electrons. The van der Waals surface area contributed by atoms with Gasteiger partial charge in [-0.15, -0.1) is 0 Å². The number of amides is 1. The molecule has 0 unspecified atom stereocenters. The lowest BCUT2D eigenvalue weighted by Crippen LogP contribution is -2.32. The molecule has 0 bridgehead atoms. The SMILES string of the molecule is CCN(CCCBr)C(=O)c1c(F)cccc1Cl. The highest BCUT2D eigenvalue weighted by atomic mass is 79.9. The Kier molecular flexibility index (Phi) is 5.92. The second-order valence-corrected chi connectivity index (χ2v) is 4.72. The summed E-state index contributed by atoms with van der Waals surface area (Å²) < 4.78 is 13.6. The van der Waals surface area contributed by atoms with Crippen molar-refractivity contribution in [1.82, 2.24) is 4.90 Å². The van der Waals surface area contributed by atoms with Crippen LogP contribution in [-0.4, -0.2) is 29.2 Å². The van der Waals surface area contributed by atoms with Crippen LogP contribution in [0.2, 0.25) is 5.02 Å². The summed E-state index contributed by atoms with van der Waals surface area (Å²) in [7, 11) is 0. The molecule has 0 spiro atoms. The molecule has 0 fully saturated rings. The summed E-state index contributed by atoms with van der Waals surface area (Å²) in [6.45, 7) is 2.99. The van der Waals surface area contributed by atoms with Crippen LogP contribution in [0.1, 0.15) is 23.7 Å². The van der Waals surface area contributed by atoms with Gasteiger partial charge in [-0.25, -0.2) is 4.39 Å². The predicted octanol–water partition coefficient (Wildman–Crippen LogP) is 3.73. The number of nitrogens with zero attached hydrogens (tertiary/aromatic N) is 1. The molecule has 0 aliphatic rings. The van der Waals surface area contributed by atoms with Gasteiger partial charge in [0.25, 0.3) is 5.91 Å². The van der Waals surface area contributed by atoms with Gasteiger partial charge in [0.2, 0.25) is 0 Å². The van der Waals surface area contributed by atoms with Crippen LogP contribution in [0.25, 0.3) is 0 Å². The van der Waals surface area contributed by atoms with Gasteiger partial charge in [0, 0.05) is 18.4 Å². The highest BCUT2D eigenvalue weighted by Gasteiger charge is 2.20. The molecule has 0 radical (unpaired) electrons. The Hall–Kier alpha value is -0.610. The van der Waals surface area contributed by atoms with E-state index in [9.17, 15) is 9.18 Å². The zero-order valence-corrected chi connectivity index (χ0v) is 11.9. The molecule has 0 N–H and O–H groups in total. The minimum absolute atomic E-state index is 0.0365. The molecule has 2 nitrogen and oxygen atoms in total.